The highest BCUT2D eigenvalue weighted by Crippen LogP contribution is 2.33. The maximum atomic E-state index is 12.6. The van der Waals surface area contributed by atoms with E-state index in [0.29, 0.717) is 35.6 Å². The molecule has 1 fully saturated rings. The van der Waals surface area contributed by atoms with E-state index < -0.39 is 11.9 Å². The van der Waals surface area contributed by atoms with Crippen LogP contribution in [0.5, 0.6) is 11.5 Å². The summed E-state index contributed by atoms with van der Waals surface area (Å²) in [6, 6.07) is 2.49. The number of amides is 2. The van der Waals surface area contributed by atoms with Crippen molar-refractivity contribution in [1.82, 2.24) is 10.4 Å². The Hall–Kier alpha value is -2.72. The van der Waals surface area contributed by atoms with Crippen LogP contribution in [0, 0.1) is 11.8 Å². The number of ether oxygens (including phenoxy) is 2. The Morgan fingerprint density at radius 3 is 2.57 bits per heavy atom. The van der Waals surface area contributed by atoms with Gasteiger partial charge in [0.25, 0.3) is 11.8 Å². The van der Waals surface area contributed by atoms with Crippen molar-refractivity contribution < 1.29 is 24.3 Å². The molecule has 2 N–H and O–H groups in total. The average molecular weight is 318 g/mol. The summed E-state index contributed by atoms with van der Waals surface area (Å²) >= 11 is 0. The van der Waals surface area contributed by atoms with E-state index in [-0.39, 0.29) is 5.91 Å². The Morgan fingerprint density at radius 1 is 1.35 bits per heavy atom. The molecule has 1 aromatic carbocycles. The van der Waals surface area contributed by atoms with Crippen LogP contribution in [0.4, 0.5) is 0 Å². The summed E-state index contributed by atoms with van der Waals surface area (Å²) in [5.74, 6) is 5.55. The zero-order chi connectivity index (χ0) is 17.0. The Labute approximate surface area is 134 Å². The predicted octanol–water partition coefficient (Wildman–Crippen LogP) is 0.795. The van der Waals surface area contributed by atoms with Crippen molar-refractivity contribution in [3.05, 3.63) is 23.3 Å². The van der Waals surface area contributed by atoms with Gasteiger partial charge in [0.2, 0.25) is 0 Å². The van der Waals surface area contributed by atoms with Gasteiger partial charge in [0.15, 0.2) is 11.5 Å². The quantitative estimate of drug-likeness (QED) is 0.487. The van der Waals surface area contributed by atoms with Gasteiger partial charge in [-0.3, -0.25) is 14.8 Å². The zero-order valence-corrected chi connectivity index (χ0v) is 13.2. The molecule has 1 unspecified atom stereocenters. The molecular weight excluding hydrogens is 300 g/mol. The van der Waals surface area contributed by atoms with Gasteiger partial charge in [-0.2, -0.15) is 0 Å². The highest BCUT2D eigenvalue weighted by Gasteiger charge is 2.38. The molecule has 1 saturated heterocycles. The van der Waals surface area contributed by atoms with Crippen LogP contribution < -0.4 is 15.0 Å². The number of rotatable bonds is 4. The first-order valence-electron chi connectivity index (χ1n) is 7.01. The van der Waals surface area contributed by atoms with Crippen molar-refractivity contribution in [1.29, 1.82) is 0 Å². The van der Waals surface area contributed by atoms with E-state index in [1.807, 2.05) is 0 Å². The lowest BCUT2D eigenvalue weighted by Crippen LogP contribution is -2.57. The molecule has 7 heteroatoms. The van der Waals surface area contributed by atoms with Gasteiger partial charge >= 0.3 is 0 Å². The van der Waals surface area contributed by atoms with E-state index >= 15 is 0 Å². The number of nitrogens with one attached hydrogen (secondary N) is 1. The summed E-state index contributed by atoms with van der Waals surface area (Å²) in [5.41, 5.74) is 2.45. The van der Waals surface area contributed by atoms with Crippen molar-refractivity contribution in [2.45, 2.75) is 19.4 Å². The van der Waals surface area contributed by atoms with Crippen LogP contribution in [0.25, 0.3) is 0 Å². The minimum atomic E-state index is -0.665. The van der Waals surface area contributed by atoms with Gasteiger partial charge in [0.05, 0.1) is 19.8 Å². The van der Waals surface area contributed by atoms with E-state index in [9.17, 15) is 9.59 Å². The molecule has 0 saturated carbocycles. The molecule has 2 amide bonds. The zero-order valence-electron chi connectivity index (χ0n) is 13.2. The third-order valence-electron chi connectivity index (χ3n) is 3.68. The fourth-order valence-corrected chi connectivity index (χ4v) is 2.46. The van der Waals surface area contributed by atoms with Gasteiger partial charge < -0.3 is 14.4 Å². The molecule has 1 aliphatic heterocycles. The maximum Gasteiger partial charge on any atom is 0.266 e. The second-order valence-corrected chi connectivity index (χ2v) is 4.91. The van der Waals surface area contributed by atoms with Gasteiger partial charge in [-0.1, -0.05) is 5.92 Å². The largest absolute Gasteiger partial charge is 0.493 e. The summed E-state index contributed by atoms with van der Waals surface area (Å²) < 4.78 is 10.5. The van der Waals surface area contributed by atoms with Crippen LogP contribution in [-0.2, 0) is 4.79 Å². The highest BCUT2D eigenvalue weighted by atomic mass is 16.5. The number of hydrogen-bond acceptors (Lipinski definition) is 5. The van der Waals surface area contributed by atoms with Gasteiger partial charge in [-0.05, 0) is 25.5 Å². The summed E-state index contributed by atoms with van der Waals surface area (Å²) in [6.45, 7) is 2.12. The van der Waals surface area contributed by atoms with Crippen molar-refractivity contribution in [2.75, 3.05) is 20.8 Å². The Kier molecular flexibility index (Phi) is 5.09. The summed E-state index contributed by atoms with van der Waals surface area (Å²) in [7, 11) is 2.97. The van der Waals surface area contributed by atoms with Crippen molar-refractivity contribution in [3.8, 4) is 23.3 Å². The Morgan fingerprint density at radius 2 is 2.09 bits per heavy atom. The van der Waals surface area contributed by atoms with Gasteiger partial charge in [-0.15, -0.1) is 5.92 Å². The van der Waals surface area contributed by atoms with Crippen LogP contribution >= 0.6 is 0 Å². The fraction of sp³-hybridized carbons (Fsp3) is 0.375. The van der Waals surface area contributed by atoms with E-state index in [4.69, 9.17) is 14.7 Å². The molecule has 122 valence electrons. The minimum Gasteiger partial charge on any atom is -0.493 e. The lowest BCUT2D eigenvalue weighted by Gasteiger charge is -2.39. The summed E-state index contributed by atoms with van der Waals surface area (Å²) in [6.07, 6.45) is 0.507. The van der Waals surface area contributed by atoms with Crippen molar-refractivity contribution in [2.24, 2.45) is 0 Å². The second kappa shape index (κ2) is 7.03. The number of carbonyl (C=O) groups excluding carboxylic acids is 2. The third-order valence-corrected chi connectivity index (χ3v) is 3.68. The lowest BCUT2D eigenvalue weighted by molar-refractivity contribution is -0.137. The van der Waals surface area contributed by atoms with E-state index in [2.05, 4.69) is 11.8 Å². The number of hydrogen-bond donors (Lipinski definition) is 2. The molecule has 1 atom stereocenters. The number of nitrogens with zero attached hydrogens (tertiary/aromatic N) is 1. The predicted molar refractivity (Wildman–Crippen MR) is 81.5 cm³/mol. The Balaban J connectivity index is 2.39. The molecule has 1 aliphatic rings. The van der Waals surface area contributed by atoms with Crippen LogP contribution in [0.3, 0.4) is 0 Å². The first-order valence-corrected chi connectivity index (χ1v) is 7.01. The molecule has 0 spiro atoms. The SMILES string of the molecule is CC#Cc1cc(C(=O)N2CCC2C(=O)NO)cc(OC)c1OC. The lowest BCUT2D eigenvalue weighted by atomic mass is 9.99. The monoisotopic (exact) mass is 318 g/mol. The number of benzene rings is 1. The van der Waals surface area contributed by atoms with Crippen LogP contribution in [0.15, 0.2) is 12.1 Å². The molecule has 0 aliphatic carbocycles. The van der Waals surface area contributed by atoms with E-state index in [1.165, 1.54) is 19.1 Å². The van der Waals surface area contributed by atoms with E-state index in [0.717, 1.165) is 0 Å². The summed E-state index contributed by atoms with van der Waals surface area (Å²) in [4.78, 5) is 25.5. The molecule has 1 aromatic rings. The van der Waals surface area contributed by atoms with Gasteiger partial charge in [-0.25, -0.2) is 5.48 Å². The first kappa shape index (κ1) is 16.6. The molecule has 0 radical (unpaired) electrons. The normalized spacial score (nSPS) is 15.8. The molecule has 2 rings (SSSR count). The van der Waals surface area contributed by atoms with Gasteiger partial charge in [0.1, 0.15) is 6.04 Å². The number of likely N-dealkylation sites (tertiary alicyclic amines) is 1. The highest BCUT2D eigenvalue weighted by molar-refractivity contribution is 5.99. The number of hydroxylamine groups is 1. The minimum absolute atomic E-state index is 0.329. The van der Waals surface area contributed by atoms with Crippen LogP contribution in [0.1, 0.15) is 29.3 Å². The topological polar surface area (TPSA) is 88.1 Å². The third kappa shape index (κ3) is 3.07. The fourth-order valence-electron chi connectivity index (χ4n) is 2.46. The van der Waals surface area contributed by atoms with Crippen molar-refractivity contribution >= 4 is 11.8 Å². The van der Waals surface area contributed by atoms with E-state index in [1.54, 1.807) is 24.5 Å². The Bertz CT molecular complexity index is 690. The average Bonchev–Trinajstić information content (AvgIpc) is 2.52. The van der Waals surface area contributed by atoms with Crippen LogP contribution in [0.2, 0.25) is 0 Å². The molecule has 7 nitrogen and oxygen atoms in total. The number of carbonyl (C=O) groups is 2. The summed E-state index contributed by atoms with van der Waals surface area (Å²) in [5, 5.41) is 8.71. The van der Waals surface area contributed by atoms with Crippen molar-refractivity contribution in [3.63, 3.8) is 0 Å². The van der Waals surface area contributed by atoms with Gasteiger partial charge in [0, 0.05) is 12.1 Å². The molecule has 0 aromatic heterocycles. The van der Waals surface area contributed by atoms with Crippen LogP contribution in [-0.4, -0.2) is 48.7 Å². The standard InChI is InChI=1S/C16H18N2O5/c1-4-5-10-8-11(9-13(22-2)14(10)23-3)16(20)18-7-6-12(18)15(19)17-21/h8-9,12,21H,6-7H2,1-3H3,(H,17,19). The maximum absolute atomic E-state index is 12.6. The molecule has 1 heterocycles. The smallest absolute Gasteiger partial charge is 0.266 e. The molecule has 0 bridgehead atoms. The number of methoxy groups -OCH3 is 2. The molecule has 23 heavy (non-hydrogen) atoms. The second-order valence-electron chi connectivity index (χ2n) is 4.91. The molecular formula is C16H18N2O5. The first-order chi connectivity index (χ1) is 11.1.